The van der Waals surface area contributed by atoms with Crippen LogP contribution in [0.2, 0.25) is 0 Å². The number of hydrogen-bond donors (Lipinski definition) is 1. The number of esters is 1. The molecule has 0 amide bonds. The van der Waals surface area contributed by atoms with E-state index in [1.54, 1.807) is 0 Å². The summed E-state index contributed by atoms with van der Waals surface area (Å²) in [6, 6.07) is 0. The quantitative estimate of drug-likeness (QED) is 0.580. The van der Waals surface area contributed by atoms with E-state index in [0.717, 1.165) is 12.8 Å². The van der Waals surface area contributed by atoms with Crippen molar-refractivity contribution < 1.29 is 14.6 Å². The first-order chi connectivity index (χ1) is 4.75. The van der Waals surface area contributed by atoms with Crippen LogP contribution in [0.25, 0.3) is 0 Å². The van der Waals surface area contributed by atoms with Crippen molar-refractivity contribution in [1.29, 1.82) is 0 Å². The SMILES string of the molecule is COC(=O)C1(CCO)CC1. The molecular weight excluding hydrogens is 132 g/mol. The Bertz CT molecular complexity index is 138. The summed E-state index contributed by atoms with van der Waals surface area (Å²) >= 11 is 0. The van der Waals surface area contributed by atoms with Gasteiger partial charge in [-0.25, -0.2) is 0 Å². The molecule has 1 rings (SSSR count). The Morgan fingerprint density at radius 1 is 1.70 bits per heavy atom. The highest BCUT2D eigenvalue weighted by Gasteiger charge is 2.50. The molecule has 0 atom stereocenters. The molecule has 1 N–H and O–H groups in total. The molecule has 0 radical (unpaired) electrons. The molecule has 3 nitrogen and oxygen atoms in total. The molecule has 1 aliphatic carbocycles. The smallest absolute Gasteiger partial charge is 0.311 e. The first-order valence-corrected chi connectivity index (χ1v) is 3.44. The minimum absolute atomic E-state index is 0.0785. The van der Waals surface area contributed by atoms with Gasteiger partial charge in [0.1, 0.15) is 0 Å². The topological polar surface area (TPSA) is 46.5 Å². The van der Waals surface area contributed by atoms with Crippen molar-refractivity contribution in [1.82, 2.24) is 0 Å². The van der Waals surface area contributed by atoms with E-state index in [1.165, 1.54) is 7.11 Å². The zero-order chi connectivity index (χ0) is 7.61. The molecule has 0 unspecified atom stereocenters. The van der Waals surface area contributed by atoms with E-state index in [4.69, 9.17) is 5.11 Å². The minimum Gasteiger partial charge on any atom is -0.469 e. The van der Waals surface area contributed by atoms with Gasteiger partial charge in [0, 0.05) is 6.61 Å². The first-order valence-electron chi connectivity index (χ1n) is 3.44. The lowest BCUT2D eigenvalue weighted by atomic mass is 10.0. The van der Waals surface area contributed by atoms with E-state index in [1.807, 2.05) is 0 Å². The van der Waals surface area contributed by atoms with E-state index in [-0.39, 0.29) is 18.0 Å². The van der Waals surface area contributed by atoms with Crippen molar-refractivity contribution >= 4 is 5.97 Å². The maximum Gasteiger partial charge on any atom is 0.311 e. The van der Waals surface area contributed by atoms with Gasteiger partial charge in [0.2, 0.25) is 0 Å². The molecule has 0 aromatic heterocycles. The van der Waals surface area contributed by atoms with Gasteiger partial charge in [-0.15, -0.1) is 0 Å². The van der Waals surface area contributed by atoms with E-state index in [0.29, 0.717) is 6.42 Å². The summed E-state index contributed by atoms with van der Waals surface area (Å²) in [5.74, 6) is -0.165. The summed E-state index contributed by atoms with van der Waals surface area (Å²) in [6.45, 7) is 0.0785. The largest absolute Gasteiger partial charge is 0.469 e. The lowest BCUT2D eigenvalue weighted by Gasteiger charge is -2.08. The van der Waals surface area contributed by atoms with Crippen LogP contribution in [-0.2, 0) is 9.53 Å². The van der Waals surface area contributed by atoms with Crippen molar-refractivity contribution in [2.75, 3.05) is 13.7 Å². The number of ether oxygens (including phenoxy) is 1. The maximum atomic E-state index is 11.0. The molecule has 0 aromatic rings. The average Bonchev–Trinajstić information content (AvgIpc) is 2.69. The number of carbonyl (C=O) groups excluding carboxylic acids is 1. The maximum absolute atomic E-state index is 11.0. The molecule has 1 fully saturated rings. The monoisotopic (exact) mass is 144 g/mol. The summed E-state index contributed by atoms with van der Waals surface area (Å²) in [6.07, 6.45) is 2.31. The molecule has 58 valence electrons. The van der Waals surface area contributed by atoms with Crippen LogP contribution in [0.4, 0.5) is 0 Å². The molecule has 0 heterocycles. The van der Waals surface area contributed by atoms with Gasteiger partial charge in [-0.1, -0.05) is 0 Å². The number of aliphatic hydroxyl groups is 1. The highest BCUT2D eigenvalue weighted by molar-refractivity contribution is 5.79. The van der Waals surface area contributed by atoms with Crippen LogP contribution < -0.4 is 0 Å². The highest BCUT2D eigenvalue weighted by atomic mass is 16.5. The average molecular weight is 144 g/mol. The molecule has 0 aliphatic heterocycles. The van der Waals surface area contributed by atoms with E-state index in [2.05, 4.69) is 4.74 Å². The summed E-state index contributed by atoms with van der Waals surface area (Å²) in [5, 5.41) is 8.58. The molecule has 0 saturated heterocycles. The Morgan fingerprint density at radius 2 is 2.30 bits per heavy atom. The lowest BCUT2D eigenvalue weighted by molar-refractivity contribution is -0.147. The lowest BCUT2D eigenvalue weighted by Crippen LogP contribution is -2.18. The summed E-state index contributed by atoms with van der Waals surface area (Å²) in [4.78, 5) is 11.0. The first kappa shape index (κ1) is 7.54. The van der Waals surface area contributed by atoms with Crippen LogP contribution in [0.3, 0.4) is 0 Å². The fourth-order valence-corrected chi connectivity index (χ4v) is 1.14. The van der Waals surface area contributed by atoms with Gasteiger partial charge in [-0.3, -0.25) is 4.79 Å². The number of hydrogen-bond acceptors (Lipinski definition) is 3. The molecular formula is C7H12O3. The van der Waals surface area contributed by atoms with Gasteiger partial charge in [0.15, 0.2) is 0 Å². The Labute approximate surface area is 60.0 Å². The van der Waals surface area contributed by atoms with Crippen LogP contribution in [0, 0.1) is 5.41 Å². The van der Waals surface area contributed by atoms with Crippen molar-refractivity contribution in [3.8, 4) is 0 Å². The van der Waals surface area contributed by atoms with Crippen LogP contribution in [-0.4, -0.2) is 24.8 Å². The Morgan fingerprint density at radius 3 is 2.60 bits per heavy atom. The fraction of sp³-hybridized carbons (Fsp3) is 0.857. The zero-order valence-electron chi connectivity index (χ0n) is 6.09. The zero-order valence-corrected chi connectivity index (χ0v) is 6.09. The third-order valence-corrected chi connectivity index (χ3v) is 2.06. The summed E-state index contributed by atoms with van der Waals surface area (Å²) in [7, 11) is 1.39. The Balaban J connectivity index is 2.43. The molecule has 10 heavy (non-hydrogen) atoms. The van der Waals surface area contributed by atoms with Crippen LogP contribution in [0.15, 0.2) is 0 Å². The predicted molar refractivity (Wildman–Crippen MR) is 35.4 cm³/mol. The Kier molecular flexibility index (Phi) is 1.94. The van der Waals surface area contributed by atoms with E-state index >= 15 is 0 Å². The van der Waals surface area contributed by atoms with Crippen LogP contribution in [0.1, 0.15) is 19.3 Å². The number of methoxy groups -OCH3 is 1. The minimum atomic E-state index is -0.302. The third-order valence-electron chi connectivity index (χ3n) is 2.06. The van der Waals surface area contributed by atoms with Gasteiger partial charge >= 0.3 is 5.97 Å². The second-order valence-corrected chi connectivity index (χ2v) is 2.75. The van der Waals surface area contributed by atoms with E-state index in [9.17, 15) is 4.79 Å². The molecule has 0 aromatic carbocycles. The molecule has 3 heteroatoms. The van der Waals surface area contributed by atoms with Gasteiger partial charge in [-0.2, -0.15) is 0 Å². The standard InChI is InChI=1S/C7H12O3/c1-10-6(9)7(2-3-7)4-5-8/h8H,2-5H2,1H3. The van der Waals surface area contributed by atoms with Crippen molar-refractivity contribution in [2.45, 2.75) is 19.3 Å². The van der Waals surface area contributed by atoms with Gasteiger partial charge in [0.25, 0.3) is 0 Å². The molecule has 1 saturated carbocycles. The fourth-order valence-electron chi connectivity index (χ4n) is 1.14. The van der Waals surface area contributed by atoms with Crippen molar-refractivity contribution in [3.05, 3.63) is 0 Å². The summed E-state index contributed by atoms with van der Waals surface area (Å²) < 4.78 is 4.58. The van der Waals surface area contributed by atoms with Crippen molar-refractivity contribution in [3.63, 3.8) is 0 Å². The second-order valence-electron chi connectivity index (χ2n) is 2.75. The van der Waals surface area contributed by atoms with Crippen molar-refractivity contribution in [2.24, 2.45) is 5.41 Å². The number of carbonyl (C=O) groups is 1. The second kappa shape index (κ2) is 2.58. The van der Waals surface area contributed by atoms with Crippen LogP contribution >= 0.6 is 0 Å². The number of aliphatic hydroxyl groups excluding tert-OH is 1. The van der Waals surface area contributed by atoms with Gasteiger partial charge in [0.05, 0.1) is 12.5 Å². The third kappa shape index (κ3) is 1.14. The van der Waals surface area contributed by atoms with Crippen LogP contribution in [0.5, 0.6) is 0 Å². The molecule has 0 bridgehead atoms. The Hall–Kier alpha value is -0.570. The highest BCUT2D eigenvalue weighted by Crippen LogP contribution is 2.49. The molecule has 0 spiro atoms. The number of rotatable bonds is 3. The normalized spacial score (nSPS) is 20.2. The predicted octanol–water partition coefficient (Wildman–Crippen LogP) is 0.322. The van der Waals surface area contributed by atoms with Gasteiger partial charge < -0.3 is 9.84 Å². The molecule has 1 aliphatic rings. The summed E-state index contributed by atoms with van der Waals surface area (Å²) in [5.41, 5.74) is -0.302. The van der Waals surface area contributed by atoms with Gasteiger partial charge in [-0.05, 0) is 19.3 Å². The van der Waals surface area contributed by atoms with E-state index < -0.39 is 0 Å².